The average Bonchev–Trinajstić information content (AvgIpc) is 3.07. The first-order chi connectivity index (χ1) is 10.6. The Morgan fingerprint density at radius 3 is 2.50 bits per heavy atom. The first-order valence-corrected chi connectivity index (χ1v) is 7.31. The monoisotopic (exact) mass is 302 g/mol. The molecule has 1 aromatic heterocycles. The lowest BCUT2D eigenvalue weighted by molar-refractivity contribution is -0.122. The minimum absolute atomic E-state index is 0.0752. The van der Waals surface area contributed by atoms with Gasteiger partial charge in [-0.2, -0.15) is 0 Å². The van der Waals surface area contributed by atoms with E-state index in [1.54, 1.807) is 31.4 Å². The zero-order chi connectivity index (χ0) is 15.9. The fourth-order valence-electron chi connectivity index (χ4n) is 2.24. The molecular weight excluding hydrogens is 280 g/mol. The van der Waals surface area contributed by atoms with Gasteiger partial charge in [0.15, 0.2) is 0 Å². The lowest BCUT2D eigenvalue weighted by atomic mass is 10.1. The Balaban J connectivity index is 1.79. The number of rotatable bonds is 7. The Kier molecular flexibility index (Phi) is 5.61. The van der Waals surface area contributed by atoms with Crippen LogP contribution in [-0.2, 0) is 4.79 Å². The summed E-state index contributed by atoms with van der Waals surface area (Å²) in [5.74, 6) is 0.661. The molecule has 0 aliphatic heterocycles. The van der Waals surface area contributed by atoms with Crippen molar-refractivity contribution in [3.63, 3.8) is 0 Å². The highest BCUT2D eigenvalue weighted by Gasteiger charge is 2.13. The third kappa shape index (κ3) is 4.36. The van der Waals surface area contributed by atoms with E-state index >= 15 is 0 Å². The summed E-state index contributed by atoms with van der Waals surface area (Å²) in [6.07, 6.45) is 3.52. The summed E-state index contributed by atoms with van der Waals surface area (Å²) < 4.78 is 7.06. The third-order valence-electron chi connectivity index (χ3n) is 3.61. The van der Waals surface area contributed by atoms with Gasteiger partial charge in [-0.15, -0.1) is 0 Å². The molecule has 0 aliphatic rings. The number of nitrogens with one attached hydrogen (secondary N) is 1. The smallest absolute Gasteiger partial charge is 0.222 e. The number of aliphatic hydroxyl groups excluding tert-OH is 1. The number of carbonyl (C=O) groups is 1. The van der Waals surface area contributed by atoms with Crippen molar-refractivity contribution >= 4 is 5.91 Å². The average molecular weight is 302 g/mol. The summed E-state index contributed by atoms with van der Waals surface area (Å²) in [6.45, 7) is 2.18. The maximum atomic E-state index is 11.9. The van der Waals surface area contributed by atoms with E-state index in [1.807, 2.05) is 36.0 Å². The predicted octanol–water partition coefficient (Wildman–Crippen LogP) is 2.30. The number of benzene rings is 1. The highest BCUT2D eigenvalue weighted by atomic mass is 16.5. The summed E-state index contributed by atoms with van der Waals surface area (Å²) in [6, 6.07) is 11.1. The second kappa shape index (κ2) is 7.66. The Labute approximate surface area is 130 Å². The van der Waals surface area contributed by atoms with Gasteiger partial charge in [0.05, 0.1) is 13.2 Å². The molecule has 1 heterocycles. The van der Waals surface area contributed by atoms with E-state index in [4.69, 9.17) is 4.74 Å². The Hall–Kier alpha value is -2.27. The molecule has 2 N–H and O–H groups in total. The first kappa shape index (κ1) is 16.1. The normalized spacial score (nSPS) is 13.4. The van der Waals surface area contributed by atoms with Crippen LogP contribution >= 0.6 is 0 Å². The van der Waals surface area contributed by atoms with Crippen LogP contribution in [0.3, 0.4) is 0 Å². The van der Waals surface area contributed by atoms with Gasteiger partial charge >= 0.3 is 0 Å². The Morgan fingerprint density at radius 2 is 1.91 bits per heavy atom. The zero-order valence-electron chi connectivity index (χ0n) is 12.9. The Morgan fingerprint density at radius 1 is 1.27 bits per heavy atom. The van der Waals surface area contributed by atoms with E-state index in [0.29, 0.717) is 6.42 Å². The standard InChI is InChI=1S/C17H22N2O3/c1-13(19-9-3-4-10-19)11-17(21)18-12-16(20)14-5-7-15(22-2)8-6-14/h3-10,13,16,20H,11-12H2,1-2H3,(H,18,21)/t13-,16-/m1/s1. The van der Waals surface area contributed by atoms with Crippen LogP contribution in [0.1, 0.15) is 31.1 Å². The molecule has 1 aromatic carbocycles. The maximum Gasteiger partial charge on any atom is 0.222 e. The number of carbonyl (C=O) groups excluding carboxylic acids is 1. The van der Waals surface area contributed by atoms with Gasteiger partial charge in [-0.25, -0.2) is 0 Å². The fraction of sp³-hybridized carbons (Fsp3) is 0.353. The molecule has 2 rings (SSSR count). The summed E-state index contributed by atoms with van der Waals surface area (Å²) in [5, 5.41) is 12.9. The zero-order valence-corrected chi connectivity index (χ0v) is 12.9. The molecule has 0 radical (unpaired) electrons. The number of hydrogen-bond donors (Lipinski definition) is 2. The van der Waals surface area contributed by atoms with Crippen molar-refractivity contribution in [3.8, 4) is 5.75 Å². The molecular formula is C17H22N2O3. The minimum atomic E-state index is -0.725. The number of methoxy groups -OCH3 is 1. The molecule has 0 unspecified atom stereocenters. The van der Waals surface area contributed by atoms with Gasteiger partial charge in [0.1, 0.15) is 5.75 Å². The van der Waals surface area contributed by atoms with Crippen LogP contribution in [0, 0.1) is 0 Å². The van der Waals surface area contributed by atoms with Crippen LogP contribution in [0.25, 0.3) is 0 Å². The van der Waals surface area contributed by atoms with Gasteiger partial charge in [-0.3, -0.25) is 4.79 Å². The molecule has 0 saturated carbocycles. The largest absolute Gasteiger partial charge is 0.497 e. The molecule has 2 aromatic rings. The molecule has 0 fully saturated rings. The second-order valence-corrected chi connectivity index (χ2v) is 5.28. The number of aliphatic hydroxyl groups is 1. The van der Waals surface area contributed by atoms with Crippen LogP contribution < -0.4 is 10.1 Å². The predicted molar refractivity (Wildman–Crippen MR) is 84.7 cm³/mol. The molecule has 0 aliphatic carbocycles. The number of amides is 1. The first-order valence-electron chi connectivity index (χ1n) is 7.31. The van der Waals surface area contributed by atoms with Crippen molar-refractivity contribution < 1.29 is 14.6 Å². The van der Waals surface area contributed by atoms with E-state index in [-0.39, 0.29) is 18.5 Å². The van der Waals surface area contributed by atoms with Crippen molar-refractivity contribution in [2.45, 2.75) is 25.5 Å². The molecule has 118 valence electrons. The summed E-state index contributed by atoms with van der Waals surface area (Å²) in [5.41, 5.74) is 0.750. The third-order valence-corrected chi connectivity index (χ3v) is 3.61. The van der Waals surface area contributed by atoms with Gasteiger partial charge in [0.25, 0.3) is 0 Å². The molecule has 0 saturated heterocycles. The number of aromatic nitrogens is 1. The van der Waals surface area contributed by atoms with Gasteiger partial charge in [-0.05, 0) is 36.8 Å². The van der Waals surface area contributed by atoms with Crippen LogP contribution in [0.15, 0.2) is 48.8 Å². The number of hydrogen-bond acceptors (Lipinski definition) is 3. The van der Waals surface area contributed by atoms with E-state index in [1.165, 1.54) is 0 Å². The van der Waals surface area contributed by atoms with Gasteiger partial charge in [0, 0.05) is 31.4 Å². The molecule has 0 spiro atoms. The minimum Gasteiger partial charge on any atom is -0.497 e. The topological polar surface area (TPSA) is 63.5 Å². The van der Waals surface area contributed by atoms with Crippen LogP contribution in [0.5, 0.6) is 5.75 Å². The van der Waals surface area contributed by atoms with E-state index < -0.39 is 6.10 Å². The molecule has 2 atom stereocenters. The Bertz CT molecular complexity index is 578. The van der Waals surface area contributed by atoms with Crippen LogP contribution in [0.2, 0.25) is 0 Å². The van der Waals surface area contributed by atoms with Crippen LogP contribution in [0.4, 0.5) is 0 Å². The van der Waals surface area contributed by atoms with Crippen molar-refractivity contribution in [2.24, 2.45) is 0 Å². The highest BCUT2D eigenvalue weighted by molar-refractivity contribution is 5.76. The summed E-state index contributed by atoms with van der Waals surface area (Å²) in [4.78, 5) is 11.9. The van der Waals surface area contributed by atoms with Crippen LogP contribution in [-0.4, -0.2) is 29.2 Å². The van der Waals surface area contributed by atoms with Gasteiger partial charge in [0.2, 0.25) is 5.91 Å². The van der Waals surface area contributed by atoms with Crippen molar-refractivity contribution in [1.82, 2.24) is 9.88 Å². The van der Waals surface area contributed by atoms with E-state index in [9.17, 15) is 9.90 Å². The van der Waals surface area contributed by atoms with Gasteiger partial charge in [-0.1, -0.05) is 12.1 Å². The lowest BCUT2D eigenvalue weighted by Crippen LogP contribution is -2.29. The summed E-state index contributed by atoms with van der Waals surface area (Å²) >= 11 is 0. The fourth-order valence-corrected chi connectivity index (χ4v) is 2.24. The molecule has 5 heteroatoms. The second-order valence-electron chi connectivity index (χ2n) is 5.28. The van der Waals surface area contributed by atoms with E-state index in [0.717, 1.165) is 11.3 Å². The SMILES string of the molecule is COc1ccc([C@H](O)CNC(=O)C[C@@H](C)n2cccc2)cc1. The summed E-state index contributed by atoms with van der Waals surface area (Å²) in [7, 11) is 1.59. The lowest BCUT2D eigenvalue weighted by Gasteiger charge is -2.16. The molecule has 0 bridgehead atoms. The molecule has 1 amide bonds. The quantitative estimate of drug-likeness (QED) is 0.825. The van der Waals surface area contributed by atoms with Crippen molar-refractivity contribution in [2.75, 3.05) is 13.7 Å². The van der Waals surface area contributed by atoms with Crippen molar-refractivity contribution in [3.05, 3.63) is 54.4 Å². The number of nitrogens with zero attached hydrogens (tertiary/aromatic N) is 1. The van der Waals surface area contributed by atoms with E-state index in [2.05, 4.69) is 5.32 Å². The van der Waals surface area contributed by atoms with Crippen molar-refractivity contribution in [1.29, 1.82) is 0 Å². The maximum absolute atomic E-state index is 11.9. The van der Waals surface area contributed by atoms with Gasteiger partial charge < -0.3 is 19.7 Å². The number of ether oxygens (including phenoxy) is 1. The molecule has 5 nitrogen and oxygen atoms in total. The highest BCUT2D eigenvalue weighted by Crippen LogP contribution is 2.17. The molecule has 22 heavy (non-hydrogen) atoms.